The number of fused-ring (bicyclic) bond motifs is 1. The maximum atomic E-state index is 12.0. The Kier molecular flexibility index (Phi) is 4.23. The van der Waals surface area contributed by atoms with Gasteiger partial charge in [-0.05, 0) is 24.3 Å². The van der Waals surface area contributed by atoms with E-state index in [-0.39, 0.29) is 0 Å². The number of benzene rings is 2. The van der Waals surface area contributed by atoms with E-state index in [1.165, 1.54) is 7.11 Å². The lowest BCUT2D eigenvalue weighted by Crippen LogP contribution is -2.17. The molecular formula is C17H17NO5. The van der Waals surface area contributed by atoms with E-state index >= 15 is 0 Å². The number of hydrogen-bond donors (Lipinski definition) is 1. The third-order valence-electron chi connectivity index (χ3n) is 3.46. The van der Waals surface area contributed by atoms with Gasteiger partial charge in [0.15, 0.2) is 11.5 Å². The SMILES string of the molecule is COC(=O)c1cc2c(cc1Nc1ccc(OC)cc1)OCCO2. The molecular weight excluding hydrogens is 298 g/mol. The van der Waals surface area contributed by atoms with Gasteiger partial charge < -0.3 is 24.3 Å². The number of rotatable bonds is 4. The summed E-state index contributed by atoms with van der Waals surface area (Å²) >= 11 is 0. The van der Waals surface area contributed by atoms with Crippen LogP contribution in [0, 0.1) is 0 Å². The summed E-state index contributed by atoms with van der Waals surface area (Å²) < 4.78 is 21.1. The molecule has 0 unspecified atom stereocenters. The molecule has 0 atom stereocenters. The molecule has 2 aromatic rings. The molecule has 0 aliphatic carbocycles. The summed E-state index contributed by atoms with van der Waals surface area (Å²) in [5.74, 6) is 1.45. The van der Waals surface area contributed by atoms with Crippen molar-refractivity contribution in [3.63, 3.8) is 0 Å². The number of hydrogen-bond acceptors (Lipinski definition) is 6. The summed E-state index contributed by atoms with van der Waals surface area (Å²) in [5.41, 5.74) is 1.78. The van der Waals surface area contributed by atoms with Gasteiger partial charge in [0.1, 0.15) is 19.0 Å². The molecule has 2 aromatic carbocycles. The summed E-state index contributed by atoms with van der Waals surface area (Å²) in [7, 11) is 2.95. The van der Waals surface area contributed by atoms with Crippen LogP contribution >= 0.6 is 0 Å². The molecule has 120 valence electrons. The van der Waals surface area contributed by atoms with Gasteiger partial charge in [0.2, 0.25) is 0 Å². The van der Waals surface area contributed by atoms with Gasteiger partial charge in [-0.3, -0.25) is 0 Å². The smallest absolute Gasteiger partial charge is 0.340 e. The van der Waals surface area contributed by atoms with E-state index in [0.717, 1.165) is 11.4 Å². The highest BCUT2D eigenvalue weighted by Crippen LogP contribution is 2.37. The zero-order chi connectivity index (χ0) is 16.2. The minimum Gasteiger partial charge on any atom is -0.497 e. The minimum absolute atomic E-state index is 0.382. The molecule has 23 heavy (non-hydrogen) atoms. The lowest BCUT2D eigenvalue weighted by Gasteiger charge is -2.21. The quantitative estimate of drug-likeness (QED) is 0.875. The molecule has 6 nitrogen and oxygen atoms in total. The van der Waals surface area contributed by atoms with Gasteiger partial charge in [0.05, 0.1) is 25.5 Å². The molecule has 6 heteroatoms. The van der Waals surface area contributed by atoms with Crippen LogP contribution in [0.1, 0.15) is 10.4 Å². The van der Waals surface area contributed by atoms with E-state index in [4.69, 9.17) is 18.9 Å². The van der Waals surface area contributed by atoms with Crippen molar-refractivity contribution in [2.45, 2.75) is 0 Å². The minimum atomic E-state index is -0.446. The van der Waals surface area contributed by atoms with Crippen molar-refractivity contribution in [1.29, 1.82) is 0 Å². The number of methoxy groups -OCH3 is 2. The molecule has 1 aliphatic heterocycles. The molecule has 1 heterocycles. The van der Waals surface area contributed by atoms with Crippen LogP contribution < -0.4 is 19.5 Å². The van der Waals surface area contributed by atoms with Crippen LogP contribution in [-0.2, 0) is 4.74 Å². The predicted octanol–water partition coefficient (Wildman–Crippen LogP) is 3.00. The van der Waals surface area contributed by atoms with Gasteiger partial charge in [0, 0.05) is 17.8 Å². The zero-order valence-electron chi connectivity index (χ0n) is 12.9. The molecule has 0 radical (unpaired) electrons. The van der Waals surface area contributed by atoms with Crippen molar-refractivity contribution in [2.75, 3.05) is 32.8 Å². The number of carbonyl (C=O) groups is 1. The second-order valence-electron chi connectivity index (χ2n) is 4.89. The van der Waals surface area contributed by atoms with Crippen LogP contribution in [0.4, 0.5) is 11.4 Å². The Hall–Kier alpha value is -2.89. The Bertz CT molecular complexity index is 712. The normalized spacial score (nSPS) is 12.4. The summed E-state index contributed by atoms with van der Waals surface area (Å²) in [6.07, 6.45) is 0. The lowest BCUT2D eigenvalue weighted by atomic mass is 10.1. The fraction of sp³-hybridized carbons (Fsp3) is 0.235. The van der Waals surface area contributed by atoms with Crippen molar-refractivity contribution in [3.8, 4) is 17.2 Å². The number of nitrogens with one attached hydrogen (secondary N) is 1. The molecule has 0 saturated carbocycles. The maximum absolute atomic E-state index is 12.0. The Balaban J connectivity index is 1.96. The van der Waals surface area contributed by atoms with Gasteiger partial charge in [0.25, 0.3) is 0 Å². The van der Waals surface area contributed by atoms with Crippen LogP contribution in [0.5, 0.6) is 17.2 Å². The van der Waals surface area contributed by atoms with E-state index in [0.29, 0.717) is 36.0 Å². The molecule has 1 N–H and O–H groups in total. The Morgan fingerprint density at radius 2 is 1.70 bits per heavy atom. The highest BCUT2D eigenvalue weighted by atomic mass is 16.6. The first-order chi connectivity index (χ1) is 11.2. The molecule has 0 aromatic heterocycles. The summed E-state index contributed by atoms with van der Waals surface area (Å²) in [5, 5.41) is 3.20. The zero-order valence-corrected chi connectivity index (χ0v) is 12.9. The van der Waals surface area contributed by atoms with E-state index in [2.05, 4.69) is 5.32 Å². The van der Waals surface area contributed by atoms with Crippen molar-refractivity contribution in [2.24, 2.45) is 0 Å². The van der Waals surface area contributed by atoms with Gasteiger partial charge >= 0.3 is 5.97 Å². The van der Waals surface area contributed by atoms with Gasteiger partial charge in [-0.1, -0.05) is 0 Å². The summed E-state index contributed by atoms with van der Waals surface area (Å²) in [6.45, 7) is 0.936. The third kappa shape index (κ3) is 3.15. The Morgan fingerprint density at radius 3 is 2.30 bits per heavy atom. The molecule has 0 bridgehead atoms. The first-order valence-corrected chi connectivity index (χ1v) is 7.14. The second kappa shape index (κ2) is 6.48. The molecule has 0 saturated heterocycles. The van der Waals surface area contributed by atoms with Crippen molar-refractivity contribution in [3.05, 3.63) is 42.0 Å². The van der Waals surface area contributed by atoms with Crippen molar-refractivity contribution < 1.29 is 23.7 Å². The summed E-state index contributed by atoms with van der Waals surface area (Å²) in [6, 6.07) is 10.8. The molecule has 0 amide bonds. The van der Waals surface area contributed by atoms with Gasteiger partial charge in [-0.15, -0.1) is 0 Å². The lowest BCUT2D eigenvalue weighted by molar-refractivity contribution is 0.0601. The number of ether oxygens (including phenoxy) is 4. The number of carbonyl (C=O) groups excluding carboxylic acids is 1. The fourth-order valence-corrected chi connectivity index (χ4v) is 2.30. The van der Waals surface area contributed by atoms with E-state index < -0.39 is 5.97 Å². The van der Waals surface area contributed by atoms with Crippen LogP contribution in [0.15, 0.2) is 36.4 Å². The van der Waals surface area contributed by atoms with Crippen LogP contribution in [0.25, 0.3) is 0 Å². The average molecular weight is 315 g/mol. The third-order valence-corrected chi connectivity index (χ3v) is 3.46. The second-order valence-corrected chi connectivity index (χ2v) is 4.89. The topological polar surface area (TPSA) is 66.0 Å². The van der Waals surface area contributed by atoms with E-state index in [9.17, 15) is 4.79 Å². The highest BCUT2D eigenvalue weighted by Gasteiger charge is 2.20. The standard InChI is InChI=1S/C17H17NO5/c1-20-12-5-3-11(4-6-12)18-14-10-16-15(22-7-8-23-16)9-13(14)17(19)21-2/h3-6,9-10,18H,7-8H2,1-2H3. The van der Waals surface area contributed by atoms with Gasteiger partial charge in [-0.2, -0.15) is 0 Å². The largest absolute Gasteiger partial charge is 0.497 e. The molecule has 1 aliphatic rings. The van der Waals surface area contributed by atoms with Crippen LogP contribution in [-0.4, -0.2) is 33.4 Å². The molecule has 0 spiro atoms. The Labute approximate surface area is 133 Å². The summed E-state index contributed by atoms with van der Waals surface area (Å²) in [4.78, 5) is 12.0. The van der Waals surface area contributed by atoms with E-state index in [1.807, 2.05) is 24.3 Å². The molecule has 3 rings (SSSR count). The average Bonchev–Trinajstić information content (AvgIpc) is 2.61. The van der Waals surface area contributed by atoms with E-state index in [1.54, 1.807) is 19.2 Å². The molecule has 0 fully saturated rings. The van der Waals surface area contributed by atoms with Crippen molar-refractivity contribution >= 4 is 17.3 Å². The predicted molar refractivity (Wildman–Crippen MR) is 85.0 cm³/mol. The van der Waals surface area contributed by atoms with Crippen LogP contribution in [0.3, 0.4) is 0 Å². The maximum Gasteiger partial charge on any atom is 0.340 e. The van der Waals surface area contributed by atoms with Gasteiger partial charge in [-0.25, -0.2) is 4.79 Å². The van der Waals surface area contributed by atoms with Crippen molar-refractivity contribution in [1.82, 2.24) is 0 Å². The first-order valence-electron chi connectivity index (χ1n) is 7.14. The monoisotopic (exact) mass is 315 g/mol. The number of anilines is 2. The number of esters is 1. The first kappa shape index (κ1) is 15.0. The Morgan fingerprint density at radius 1 is 1.04 bits per heavy atom. The van der Waals surface area contributed by atoms with Crippen LogP contribution in [0.2, 0.25) is 0 Å². The highest BCUT2D eigenvalue weighted by molar-refractivity contribution is 5.97. The fourth-order valence-electron chi connectivity index (χ4n) is 2.30.